The van der Waals surface area contributed by atoms with Crippen LogP contribution in [0.15, 0.2) is 95.7 Å². The number of rotatable bonds is 6. The molecule has 5 aromatic rings. The number of aromatic nitrogens is 3. The predicted octanol–water partition coefficient (Wildman–Crippen LogP) is 5.78. The molecule has 0 aliphatic carbocycles. The molecule has 8 nitrogen and oxygen atoms in total. The molecule has 1 N–H and O–H groups in total. The molecule has 0 saturated carbocycles. The molecule has 2 aromatic carbocycles. The molecule has 1 aliphatic rings. The summed E-state index contributed by atoms with van der Waals surface area (Å²) in [5, 5.41) is 7.96. The van der Waals surface area contributed by atoms with Crippen LogP contribution in [0, 0.1) is 6.92 Å². The van der Waals surface area contributed by atoms with Crippen molar-refractivity contribution < 1.29 is 13.9 Å². The molecule has 1 atom stereocenters. The van der Waals surface area contributed by atoms with Crippen molar-refractivity contribution in [3.05, 3.63) is 120 Å². The summed E-state index contributed by atoms with van der Waals surface area (Å²) in [6.07, 6.45) is 3.65. The maximum atomic E-state index is 13.9. The maximum Gasteiger partial charge on any atom is 0.318 e. The Labute approximate surface area is 221 Å². The van der Waals surface area contributed by atoms with Crippen LogP contribution in [0.2, 0.25) is 0 Å². The number of carbonyl (C=O) groups excluding carboxylic acids is 1. The molecule has 2 amide bonds. The van der Waals surface area contributed by atoms with Crippen LogP contribution in [0.5, 0.6) is 5.75 Å². The van der Waals surface area contributed by atoms with E-state index in [1.807, 2.05) is 102 Å². The van der Waals surface area contributed by atoms with E-state index in [-0.39, 0.29) is 12.1 Å². The molecule has 6 rings (SSSR count). The second kappa shape index (κ2) is 9.97. The van der Waals surface area contributed by atoms with E-state index in [1.165, 1.54) is 0 Å². The summed E-state index contributed by atoms with van der Waals surface area (Å²) >= 11 is 0. The van der Waals surface area contributed by atoms with Crippen molar-refractivity contribution in [3.8, 4) is 17.3 Å². The summed E-state index contributed by atoms with van der Waals surface area (Å²) in [5.41, 5.74) is 4.75. The zero-order valence-corrected chi connectivity index (χ0v) is 21.4. The fraction of sp³-hybridized carbons (Fsp3) is 0.200. The lowest BCUT2D eigenvalue weighted by molar-refractivity contribution is 0.179. The van der Waals surface area contributed by atoms with Gasteiger partial charge in [-0.3, -0.25) is 0 Å². The highest BCUT2D eigenvalue weighted by Gasteiger charge is 2.36. The molecular formula is C30H29N5O3. The van der Waals surface area contributed by atoms with E-state index < -0.39 is 0 Å². The van der Waals surface area contributed by atoms with Crippen molar-refractivity contribution >= 4 is 6.03 Å². The van der Waals surface area contributed by atoms with Gasteiger partial charge in [0.1, 0.15) is 17.3 Å². The summed E-state index contributed by atoms with van der Waals surface area (Å²) < 4.78 is 15.4. The number of hydrogen-bond acceptors (Lipinski definition) is 4. The summed E-state index contributed by atoms with van der Waals surface area (Å²) in [7, 11) is 0. The number of amides is 2. The molecule has 0 bridgehead atoms. The zero-order chi connectivity index (χ0) is 26.1. The normalized spacial score (nSPS) is 14.5. The van der Waals surface area contributed by atoms with Crippen LogP contribution in [0.1, 0.15) is 41.2 Å². The van der Waals surface area contributed by atoms with Gasteiger partial charge in [-0.05, 0) is 67.9 Å². The largest absolute Gasteiger partial charge is 0.494 e. The third kappa shape index (κ3) is 4.24. The summed E-state index contributed by atoms with van der Waals surface area (Å²) in [6.45, 7) is 5.20. The van der Waals surface area contributed by atoms with E-state index in [2.05, 4.69) is 16.0 Å². The first-order valence-corrected chi connectivity index (χ1v) is 12.7. The predicted molar refractivity (Wildman–Crippen MR) is 144 cm³/mol. The van der Waals surface area contributed by atoms with Gasteiger partial charge in [0.2, 0.25) is 0 Å². The topological polar surface area (TPSA) is 77.5 Å². The van der Waals surface area contributed by atoms with Gasteiger partial charge in [0.15, 0.2) is 0 Å². The van der Waals surface area contributed by atoms with Crippen LogP contribution in [0.3, 0.4) is 0 Å². The van der Waals surface area contributed by atoms with E-state index in [0.29, 0.717) is 25.5 Å². The Kier molecular flexibility index (Phi) is 6.21. The Morgan fingerprint density at radius 3 is 2.74 bits per heavy atom. The van der Waals surface area contributed by atoms with Gasteiger partial charge in [-0.15, -0.1) is 0 Å². The SMILES string of the molecule is CCOc1cccc([C@@H]2c3cccn3-c3c(c(C)nn3-c3ccccc3)CN2C(=O)NCc2ccco2)c1. The zero-order valence-electron chi connectivity index (χ0n) is 21.4. The highest BCUT2D eigenvalue weighted by molar-refractivity contribution is 5.76. The van der Waals surface area contributed by atoms with Gasteiger partial charge in [0.05, 0.1) is 49.1 Å². The molecule has 0 radical (unpaired) electrons. The quantitative estimate of drug-likeness (QED) is 0.316. The molecule has 0 unspecified atom stereocenters. The lowest BCUT2D eigenvalue weighted by Gasteiger charge is -2.31. The fourth-order valence-electron chi connectivity index (χ4n) is 5.12. The third-order valence-corrected chi connectivity index (χ3v) is 6.83. The minimum absolute atomic E-state index is 0.194. The molecule has 1 aliphatic heterocycles. The minimum Gasteiger partial charge on any atom is -0.494 e. The molecule has 4 heterocycles. The summed E-state index contributed by atoms with van der Waals surface area (Å²) in [6, 6.07) is 25.2. The van der Waals surface area contributed by atoms with Crippen molar-refractivity contribution in [2.45, 2.75) is 33.0 Å². The summed E-state index contributed by atoms with van der Waals surface area (Å²) in [5.74, 6) is 2.40. The molecule has 8 heteroatoms. The lowest BCUT2D eigenvalue weighted by atomic mass is 10.0. The highest BCUT2D eigenvalue weighted by Crippen LogP contribution is 2.39. The average molecular weight is 508 g/mol. The van der Waals surface area contributed by atoms with Crippen LogP contribution in [0.25, 0.3) is 11.5 Å². The number of fused-ring (bicyclic) bond motifs is 3. The number of furan rings is 1. The number of urea groups is 1. The van der Waals surface area contributed by atoms with Gasteiger partial charge >= 0.3 is 6.03 Å². The standard InChI is InChI=1S/C30H29N5O3/c1-3-37-24-13-7-10-22(18-24)28-27-15-8-16-33(27)29-26(21(2)32-35(29)23-11-5-4-6-12-23)20-34(28)30(36)31-19-25-14-9-17-38-25/h4-18,28H,3,19-20H2,1-2H3,(H,31,36)/t28-/m1/s1. The molecule has 0 spiro atoms. The monoisotopic (exact) mass is 507 g/mol. The Balaban J connectivity index is 1.50. The van der Waals surface area contributed by atoms with Gasteiger partial charge in [0.25, 0.3) is 0 Å². The Hall–Kier alpha value is -4.72. The average Bonchev–Trinajstić information content (AvgIpc) is 3.68. The van der Waals surface area contributed by atoms with Crippen LogP contribution < -0.4 is 10.1 Å². The first-order chi connectivity index (χ1) is 18.6. The van der Waals surface area contributed by atoms with Crippen molar-refractivity contribution in [3.63, 3.8) is 0 Å². The Morgan fingerprint density at radius 2 is 1.95 bits per heavy atom. The maximum absolute atomic E-state index is 13.9. The van der Waals surface area contributed by atoms with Crippen molar-refractivity contribution in [2.24, 2.45) is 0 Å². The second-order valence-corrected chi connectivity index (χ2v) is 9.21. The Morgan fingerprint density at radius 1 is 1.08 bits per heavy atom. The molecule has 192 valence electrons. The van der Waals surface area contributed by atoms with E-state index in [4.69, 9.17) is 14.3 Å². The van der Waals surface area contributed by atoms with Crippen molar-refractivity contribution in [1.29, 1.82) is 0 Å². The second-order valence-electron chi connectivity index (χ2n) is 9.21. The number of hydrogen-bond donors (Lipinski definition) is 1. The van der Waals surface area contributed by atoms with E-state index in [1.54, 1.807) is 6.26 Å². The van der Waals surface area contributed by atoms with Gasteiger partial charge in [-0.2, -0.15) is 5.10 Å². The van der Waals surface area contributed by atoms with Gasteiger partial charge < -0.3 is 23.9 Å². The molecule has 0 saturated heterocycles. The van der Waals surface area contributed by atoms with Gasteiger partial charge in [0, 0.05) is 11.8 Å². The number of ether oxygens (including phenoxy) is 1. The smallest absolute Gasteiger partial charge is 0.318 e. The fourth-order valence-corrected chi connectivity index (χ4v) is 5.12. The number of nitrogens with zero attached hydrogens (tertiary/aromatic N) is 4. The van der Waals surface area contributed by atoms with Crippen molar-refractivity contribution in [2.75, 3.05) is 6.61 Å². The number of carbonyl (C=O) groups is 1. The van der Waals surface area contributed by atoms with Gasteiger partial charge in [-0.25, -0.2) is 9.48 Å². The van der Waals surface area contributed by atoms with E-state index >= 15 is 0 Å². The lowest BCUT2D eigenvalue weighted by Crippen LogP contribution is -2.41. The first-order valence-electron chi connectivity index (χ1n) is 12.7. The van der Waals surface area contributed by atoms with Crippen LogP contribution in [-0.4, -0.2) is 31.9 Å². The molecule has 38 heavy (non-hydrogen) atoms. The van der Waals surface area contributed by atoms with Crippen molar-refractivity contribution in [1.82, 2.24) is 24.6 Å². The van der Waals surface area contributed by atoms with Crippen LogP contribution >= 0.6 is 0 Å². The van der Waals surface area contributed by atoms with Gasteiger partial charge in [-0.1, -0.05) is 30.3 Å². The number of benzene rings is 2. The van der Waals surface area contributed by atoms with E-state index in [0.717, 1.165) is 39.8 Å². The minimum atomic E-state index is -0.363. The van der Waals surface area contributed by atoms with E-state index in [9.17, 15) is 4.79 Å². The molecule has 3 aromatic heterocycles. The highest BCUT2D eigenvalue weighted by atomic mass is 16.5. The first kappa shape index (κ1) is 23.7. The number of aryl methyl sites for hydroxylation is 1. The Bertz CT molecular complexity index is 1550. The van der Waals surface area contributed by atoms with Crippen LogP contribution in [-0.2, 0) is 13.1 Å². The number of para-hydroxylation sites is 1. The molecule has 0 fully saturated rings. The number of nitrogens with one attached hydrogen (secondary N) is 1. The summed E-state index contributed by atoms with van der Waals surface area (Å²) in [4.78, 5) is 15.7. The van der Waals surface area contributed by atoms with Crippen LogP contribution in [0.4, 0.5) is 4.79 Å². The third-order valence-electron chi connectivity index (χ3n) is 6.83. The molecular weight excluding hydrogens is 478 g/mol.